The second-order valence-electron chi connectivity index (χ2n) is 6.21. The highest BCUT2D eigenvalue weighted by Gasteiger charge is 2.23. The Morgan fingerprint density at radius 1 is 1.16 bits per heavy atom. The lowest BCUT2D eigenvalue weighted by Gasteiger charge is -2.20. The summed E-state index contributed by atoms with van der Waals surface area (Å²) in [5.41, 5.74) is 0.936. The summed E-state index contributed by atoms with van der Waals surface area (Å²) in [5, 5.41) is 0.614. The van der Waals surface area contributed by atoms with Gasteiger partial charge in [0.15, 0.2) is 5.13 Å². The van der Waals surface area contributed by atoms with Crippen LogP contribution in [-0.4, -0.2) is 38.1 Å². The van der Waals surface area contributed by atoms with Crippen molar-refractivity contribution in [2.24, 2.45) is 0 Å². The zero-order valence-electron chi connectivity index (χ0n) is 14.3. The topological polar surface area (TPSA) is 37.6 Å². The van der Waals surface area contributed by atoms with Crippen LogP contribution in [0.1, 0.15) is 16.8 Å². The van der Waals surface area contributed by atoms with E-state index in [1.54, 1.807) is 17.0 Å². The van der Waals surface area contributed by atoms with Crippen molar-refractivity contribution >= 4 is 32.6 Å². The lowest BCUT2D eigenvalue weighted by molar-refractivity contribution is -0.858. The molecule has 1 heterocycles. The summed E-state index contributed by atoms with van der Waals surface area (Å²) in [6, 6.07) is 13.9. The molecule has 0 aliphatic heterocycles. The molecule has 4 nitrogen and oxygen atoms in total. The first kappa shape index (κ1) is 17.5. The number of nitrogens with one attached hydrogen (secondary N) is 1. The highest BCUT2D eigenvalue weighted by Crippen LogP contribution is 2.29. The Hall–Kier alpha value is -2.31. The minimum atomic E-state index is -0.503. The van der Waals surface area contributed by atoms with E-state index in [4.69, 9.17) is 0 Å². The fourth-order valence-electron chi connectivity index (χ4n) is 2.63. The maximum atomic E-state index is 14.1. The van der Waals surface area contributed by atoms with Gasteiger partial charge in [-0.25, -0.2) is 9.37 Å². The minimum absolute atomic E-state index is 0.0824. The molecular formula is C19H21FN3OS+. The fraction of sp³-hybridized carbons (Fsp3) is 0.263. The van der Waals surface area contributed by atoms with Gasteiger partial charge in [-0.3, -0.25) is 9.69 Å². The van der Waals surface area contributed by atoms with Gasteiger partial charge in [0.05, 0.1) is 36.4 Å². The fourth-order valence-corrected chi connectivity index (χ4v) is 3.62. The maximum absolute atomic E-state index is 14.1. The molecule has 0 aliphatic rings. The van der Waals surface area contributed by atoms with Gasteiger partial charge in [0.1, 0.15) is 5.82 Å². The van der Waals surface area contributed by atoms with E-state index in [0.29, 0.717) is 11.7 Å². The lowest BCUT2D eigenvalue weighted by Crippen LogP contribution is -3.05. The molecule has 3 rings (SSSR count). The van der Waals surface area contributed by atoms with Crippen LogP contribution in [0.2, 0.25) is 0 Å². The van der Waals surface area contributed by atoms with Crippen LogP contribution >= 0.6 is 11.3 Å². The van der Waals surface area contributed by atoms with Crippen LogP contribution in [0.25, 0.3) is 10.2 Å². The van der Waals surface area contributed by atoms with Crippen molar-refractivity contribution in [3.8, 4) is 0 Å². The average Bonchev–Trinajstić information content (AvgIpc) is 3.02. The molecule has 0 saturated carbocycles. The first-order valence-electron chi connectivity index (χ1n) is 8.27. The summed E-state index contributed by atoms with van der Waals surface area (Å²) >= 11 is 1.46. The maximum Gasteiger partial charge on any atom is 0.263 e. The zero-order valence-corrected chi connectivity index (χ0v) is 15.1. The summed E-state index contributed by atoms with van der Waals surface area (Å²) in [7, 11) is 4.14. The molecule has 3 aromatic rings. The highest BCUT2D eigenvalue weighted by molar-refractivity contribution is 7.22. The Morgan fingerprint density at radius 3 is 2.60 bits per heavy atom. The van der Waals surface area contributed by atoms with Crippen LogP contribution in [0.3, 0.4) is 0 Å². The normalized spacial score (nSPS) is 11.2. The number of carbonyl (C=O) groups excluding carboxylic acids is 1. The van der Waals surface area contributed by atoms with Gasteiger partial charge in [-0.1, -0.05) is 35.6 Å². The third-order valence-corrected chi connectivity index (χ3v) is 4.98. The lowest BCUT2D eigenvalue weighted by atomic mass is 10.2. The minimum Gasteiger partial charge on any atom is -0.340 e. The third-order valence-electron chi connectivity index (χ3n) is 3.92. The number of amides is 1. The Kier molecular flexibility index (Phi) is 5.40. The number of thiazole rings is 1. The molecule has 1 amide bonds. The van der Waals surface area contributed by atoms with Crippen LogP contribution in [0, 0.1) is 5.82 Å². The number of anilines is 1. The quantitative estimate of drug-likeness (QED) is 0.736. The number of para-hydroxylation sites is 1. The van der Waals surface area contributed by atoms with E-state index in [2.05, 4.69) is 19.1 Å². The number of halogens is 1. The van der Waals surface area contributed by atoms with Crippen molar-refractivity contribution in [2.75, 3.05) is 32.1 Å². The van der Waals surface area contributed by atoms with Crippen molar-refractivity contribution in [1.82, 2.24) is 4.98 Å². The molecule has 0 saturated heterocycles. The van der Waals surface area contributed by atoms with E-state index in [1.165, 1.54) is 28.4 Å². The highest BCUT2D eigenvalue weighted by atomic mass is 32.1. The van der Waals surface area contributed by atoms with Crippen LogP contribution in [-0.2, 0) is 0 Å². The Bertz CT molecular complexity index is 845. The number of aromatic nitrogens is 1. The largest absolute Gasteiger partial charge is 0.340 e. The molecule has 2 aromatic carbocycles. The summed E-state index contributed by atoms with van der Waals surface area (Å²) in [4.78, 5) is 20.5. The van der Waals surface area contributed by atoms with E-state index < -0.39 is 5.82 Å². The molecule has 0 fully saturated rings. The molecule has 0 atom stereocenters. The molecular weight excluding hydrogens is 337 g/mol. The van der Waals surface area contributed by atoms with Crippen LogP contribution < -0.4 is 9.80 Å². The molecule has 1 aromatic heterocycles. The summed E-state index contributed by atoms with van der Waals surface area (Å²) < 4.78 is 15.1. The third kappa shape index (κ3) is 4.03. The first-order chi connectivity index (χ1) is 12.1. The molecule has 0 radical (unpaired) electrons. The van der Waals surface area contributed by atoms with Gasteiger partial charge >= 0.3 is 0 Å². The van der Waals surface area contributed by atoms with E-state index in [1.807, 2.05) is 24.3 Å². The van der Waals surface area contributed by atoms with Gasteiger partial charge in [0, 0.05) is 13.0 Å². The predicted octanol–water partition coefficient (Wildman–Crippen LogP) is 2.62. The van der Waals surface area contributed by atoms with E-state index in [9.17, 15) is 9.18 Å². The van der Waals surface area contributed by atoms with E-state index >= 15 is 0 Å². The first-order valence-corrected chi connectivity index (χ1v) is 9.09. The average molecular weight is 358 g/mol. The smallest absolute Gasteiger partial charge is 0.263 e. The number of benzene rings is 2. The van der Waals surface area contributed by atoms with Crippen molar-refractivity contribution < 1.29 is 14.1 Å². The SMILES string of the molecule is C[NH+](C)CCCN(C(=O)c1ccccc1F)c1nc2ccccc2s1. The van der Waals surface area contributed by atoms with Crippen molar-refractivity contribution in [2.45, 2.75) is 6.42 Å². The number of carbonyl (C=O) groups is 1. The van der Waals surface area contributed by atoms with E-state index in [0.717, 1.165) is 23.2 Å². The molecule has 0 unspecified atom stereocenters. The molecule has 0 aliphatic carbocycles. The van der Waals surface area contributed by atoms with Gasteiger partial charge in [-0.05, 0) is 24.3 Å². The van der Waals surface area contributed by atoms with Crippen LogP contribution in [0.4, 0.5) is 9.52 Å². The monoisotopic (exact) mass is 358 g/mol. The van der Waals surface area contributed by atoms with Gasteiger partial charge in [0.25, 0.3) is 5.91 Å². The van der Waals surface area contributed by atoms with Crippen molar-refractivity contribution in [1.29, 1.82) is 0 Å². The molecule has 130 valence electrons. The molecule has 0 bridgehead atoms. The second-order valence-corrected chi connectivity index (χ2v) is 7.22. The number of fused-ring (bicyclic) bond motifs is 1. The Labute approximate surface area is 150 Å². The number of nitrogens with zero attached hydrogens (tertiary/aromatic N) is 2. The molecule has 0 spiro atoms. The van der Waals surface area contributed by atoms with Gasteiger partial charge in [-0.15, -0.1) is 0 Å². The number of hydrogen-bond donors (Lipinski definition) is 1. The predicted molar refractivity (Wildman–Crippen MR) is 100.0 cm³/mol. The Morgan fingerprint density at radius 2 is 1.88 bits per heavy atom. The summed E-state index contributed by atoms with van der Waals surface area (Å²) in [5.74, 6) is -0.845. The number of quaternary nitrogens is 1. The summed E-state index contributed by atoms with van der Waals surface area (Å²) in [6.07, 6.45) is 0.818. The molecule has 6 heteroatoms. The molecule has 1 N–H and O–H groups in total. The van der Waals surface area contributed by atoms with Gasteiger partial charge < -0.3 is 4.90 Å². The Balaban J connectivity index is 1.94. The zero-order chi connectivity index (χ0) is 17.8. The van der Waals surface area contributed by atoms with Crippen LogP contribution in [0.15, 0.2) is 48.5 Å². The van der Waals surface area contributed by atoms with Gasteiger partial charge in [-0.2, -0.15) is 0 Å². The summed E-state index contributed by atoms with van der Waals surface area (Å²) in [6.45, 7) is 1.43. The standard InChI is InChI=1S/C19H20FN3OS/c1-22(2)12-7-13-23(18(24)14-8-3-4-9-15(14)20)19-21-16-10-5-6-11-17(16)25-19/h3-6,8-11H,7,12-13H2,1-2H3/p+1. The van der Waals surface area contributed by atoms with Gasteiger partial charge in [0.2, 0.25) is 0 Å². The second kappa shape index (κ2) is 7.72. The molecule has 25 heavy (non-hydrogen) atoms. The van der Waals surface area contributed by atoms with Crippen molar-refractivity contribution in [3.05, 3.63) is 59.9 Å². The van der Waals surface area contributed by atoms with Crippen molar-refractivity contribution in [3.63, 3.8) is 0 Å². The number of rotatable bonds is 6. The van der Waals surface area contributed by atoms with Crippen LogP contribution in [0.5, 0.6) is 0 Å². The number of hydrogen-bond acceptors (Lipinski definition) is 3. The van der Waals surface area contributed by atoms with E-state index in [-0.39, 0.29) is 11.5 Å².